The van der Waals surface area contributed by atoms with E-state index in [1.165, 1.54) is 0 Å². The van der Waals surface area contributed by atoms with Gasteiger partial charge in [-0.25, -0.2) is 0 Å². The van der Waals surface area contributed by atoms with E-state index in [0.717, 1.165) is 30.8 Å². The minimum Gasteiger partial charge on any atom is -0.399 e. The summed E-state index contributed by atoms with van der Waals surface area (Å²) in [6, 6.07) is 7.40. The van der Waals surface area contributed by atoms with Gasteiger partial charge in [0, 0.05) is 12.2 Å². The van der Waals surface area contributed by atoms with Crippen LogP contribution in [-0.2, 0) is 11.2 Å². The van der Waals surface area contributed by atoms with Crippen molar-refractivity contribution in [2.45, 2.75) is 12.8 Å². The number of amides is 1. The number of nitrogens with one attached hydrogen (secondary N) is 1. The molecule has 0 aliphatic rings. The maximum atomic E-state index is 11.6. The molecule has 0 unspecified atom stereocenters. The van der Waals surface area contributed by atoms with Gasteiger partial charge in [0.25, 0.3) is 0 Å². The Labute approximate surface area is 103 Å². The van der Waals surface area contributed by atoms with Crippen LogP contribution in [0.4, 0.5) is 5.69 Å². The Morgan fingerprint density at radius 2 is 1.94 bits per heavy atom. The fraction of sp³-hybridized carbons (Fsp3) is 0.462. The third-order valence-corrected chi connectivity index (χ3v) is 2.45. The molecule has 0 aromatic heterocycles. The molecule has 0 fully saturated rings. The molecule has 4 heteroatoms. The molecule has 94 valence electrons. The Morgan fingerprint density at radius 1 is 1.29 bits per heavy atom. The van der Waals surface area contributed by atoms with Crippen LogP contribution in [0, 0.1) is 0 Å². The van der Waals surface area contributed by atoms with Crippen molar-refractivity contribution in [3.63, 3.8) is 0 Å². The summed E-state index contributed by atoms with van der Waals surface area (Å²) in [5.41, 5.74) is 7.29. The van der Waals surface area contributed by atoms with Gasteiger partial charge in [-0.3, -0.25) is 4.79 Å². The molecule has 0 saturated heterocycles. The predicted octanol–water partition coefficient (Wildman–Crippen LogP) is 0.879. The van der Waals surface area contributed by atoms with Gasteiger partial charge >= 0.3 is 0 Å². The number of nitrogens with two attached hydrogens (primary N) is 1. The van der Waals surface area contributed by atoms with Gasteiger partial charge in [0.05, 0.1) is 6.42 Å². The molecule has 0 bridgehead atoms. The largest absolute Gasteiger partial charge is 0.399 e. The van der Waals surface area contributed by atoms with E-state index in [9.17, 15) is 4.79 Å². The number of hydrogen-bond donors (Lipinski definition) is 2. The fourth-order valence-electron chi connectivity index (χ4n) is 1.51. The summed E-state index contributed by atoms with van der Waals surface area (Å²) >= 11 is 0. The molecule has 0 aliphatic heterocycles. The normalized spacial score (nSPS) is 10.5. The quantitative estimate of drug-likeness (QED) is 0.568. The number of carbonyl (C=O) groups excluding carboxylic acids is 1. The molecular weight excluding hydrogens is 214 g/mol. The Kier molecular flexibility index (Phi) is 5.49. The molecule has 17 heavy (non-hydrogen) atoms. The number of nitrogen functional groups attached to an aromatic ring is 1. The lowest BCUT2D eigenvalue weighted by molar-refractivity contribution is -0.120. The van der Waals surface area contributed by atoms with Crippen LogP contribution in [-0.4, -0.2) is 38.0 Å². The van der Waals surface area contributed by atoms with E-state index >= 15 is 0 Å². The topological polar surface area (TPSA) is 58.4 Å². The van der Waals surface area contributed by atoms with Crippen molar-refractivity contribution in [1.82, 2.24) is 10.2 Å². The smallest absolute Gasteiger partial charge is 0.224 e. The summed E-state index contributed by atoms with van der Waals surface area (Å²) in [7, 11) is 4.05. The highest BCUT2D eigenvalue weighted by molar-refractivity contribution is 5.78. The van der Waals surface area contributed by atoms with E-state index in [2.05, 4.69) is 10.2 Å². The molecule has 0 atom stereocenters. The summed E-state index contributed by atoms with van der Waals surface area (Å²) in [5, 5.41) is 2.90. The van der Waals surface area contributed by atoms with Crippen LogP contribution >= 0.6 is 0 Å². The van der Waals surface area contributed by atoms with Gasteiger partial charge in [-0.15, -0.1) is 0 Å². The van der Waals surface area contributed by atoms with E-state index < -0.39 is 0 Å². The first-order valence-electron chi connectivity index (χ1n) is 5.84. The van der Waals surface area contributed by atoms with Gasteiger partial charge in [-0.1, -0.05) is 12.1 Å². The van der Waals surface area contributed by atoms with Crippen LogP contribution in [0.3, 0.4) is 0 Å². The zero-order chi connectivity index (χ0) is 12.7. The van der Waals surface area contributed by atoms with Crippen molar-refractivity contribution in [2.75, 3.05) is 32.9 Å². The molecule has 0 radical (unpaired) electrons. The van der Waals surface area contributed by atoms with Gasteiger partial charge in [0.15, 0.2) is 0 Å². The molecule has 3 N–H and O–H groups in total. The van der Waals surface area contributed by atoms with Crippen molar-refractivity contribution in [3.8, 4) is 0 Å². The average Bonchev–Trinajstić information content (AvgIpc) is 2.27. The second-order valence-electron chi connectivity index (χ2n) is 4.43. The first-order valence-corrected chi connectivity index (χ1v) is 5.84. The molecule has 1 rings (SSSR count). The van der Waals surface area contributed by atoms with Crippen LogP contribution in [0.2, 0.25) is 0 Å². The molecule has 0 heterocycles. The third kappa shape index (κ3) is 5.92. The maximum absolute atomic E-state index is 11.6. The maximum Gasteiger partial charge on any atom is 0.224 e. The van der Waals surface area contributed by atoms with Gasteiger partial charge in [0.1, 0.15) is 0 Å². The van der Waals surface area contributed by atoms with Crippen molar-refractivity contribution in [1.29, 1.82) is 0 Å². The number of rotatable bonds is 6. The van der Waals surface area contributed by atoms with Crippen molar-refractivity contribution in [2.24, 2.45) is 0 Å². The average molecular weight is 235 g/mol. The minimum absolute atomic E-state index is 0.0635. The Morgan fingerprint density at radius 3 is 2.53 bits per heavy atom. The number of benzene rings is 1. The summed E-state index contributed by atoms with van der Waals surface area (Å²) in [4.78, 5) is 13.7. The SMILES string of the molecule is CN(C)CCCNC(=O)Cc1ccc(N)cc1. The summed E-state index contributed by atoms with van der Waals surface area (Å²) in [5.74, 6) is 0.0635. The highest BCUT2D eigenvalue weighted by atomic mass is 16.1. The Balaban J connectivity index is 2.23. The Hall–Kier alpha value is -1.55. The lowest BCUT2D eigenvalue weighted by Gasteiger charge is -2.09. The molecule has 1 aromatic carbocycles. The number of hydrogen-bond acceptors (Lipinski definition) is 3. The highest BCUT2D eigenvalue weighted by Crippen LogP contribution is 2.05. The van der Waals surface area contributed by atoms with Crippen LogP contribution < -0.4 is 11.1 Å². The molecular formula is C13H21N3O. The molecule has 4 nitrogen and oxygen atoms in total. The first-order chi connectivity index (χ1) is 8.08. The van der Waals surface area contributed by atoms with Crippen LogP contribution in [0.5, 0.6) is 0 Å². The summed E-state index contributed by atoms with van der Waals surface area (Å²) < 4.78 is 0. The number of nitrogens with zero attached hydrogens (tertiary/aromatic N) is 1. The van der Waals surface area contributed by atoms with E-state index in [1.54, 1.807) is 0 Å². The van der Waals surface area contributed by atoms with E-state index in [1.807, 2.05) is 38.4 Å². The highest BCUT2D eigenvalue weighted by Gasteiger charge is 2.02. The zero-order valence-corrected chi connectivity index (χ0v) is 10.6. The van der Waals surface area contributed by atoms with Crippen LogP contribution in [0.1, 0.15) is 12.0 Å². The predicted molar refractivity (Wildman–Crippen MR) is 70.7 cm³/mol. The monoisotopic (exact) mass is 235 g/mol. The summed E-state index contributed by atoms with van der Waals surface area (Å²) in [6.45, 7) is 1.72. The third-order valence-electron chi connectivity index (χ3n) is 2.45. The molecule has 0 aliphatic carbocycles. The van der Waals surface area contributed by atoms with Gasteiger partial charge < -0.3 is 16.0 Å². The van der Waals surface area contributed by atoms with Gasteiger partial charge in [-0.2, -0.15) is 0 Å². The van der Waals surface area contributed by atoms with E-state index in [0.29, 0.717) is 6.42 Å². The Bertz CT molecular complexity index is 346. The zero-order valence-electron chi connectivity index (χ0n) is 10.6. The van der Waals surface area contributed by atoms with Gasteiger partial charge in [0.2, 0.25) is 5.91 Å². The molecule has 0 spiro atoms. The van der Waals surface area contributed by atoms with Gasteiger partial charge in [-0.05, 0) is 44.8 Å². The first kappa shape index (κ1) is 13.5. The second-order valence-corrected chi connectivity index (χ2v) is 4.43. The summed E-state index contributed by atoms with van der Waals surface area (Å²) in [6.07, 6.45) is 1.39. The standard InChI is InChI=1S/C13H21N3O/c1-16(2)9-3-8-15-13(17)10-11-4-6-12(14)7-5-11/h4-7H,3,8-10,14H2,1-2H3,(H,15,17). The molecule has 1 aromatic rings. The van der Waals surface area contributed by atoms with Crippen LogP contribution in [0.25, 0.3) is 0 Å². The lowest BCUT2D eigenvalue weighted by atomic mass is 10.1. The minimum atomic E-state index is 0.0635. The number of anilines is 1. The number of carbonyl (C=O) groups is 1. The molecule has 1 amide bonds. The van der Waals surface area contributed by atoms with E-state index in [-0.39, 0.29) is 5.91 Å². The fourth-order valence-corrected chi connectivity index (χ4v) is 1.51. The molecule has 0 saturated carbocycles. The lowest BCUT2D eigenvalue weighted by Crippen LogP contribution is -2.28. The van der Waals surface area contributed by atoms with Crippen LogP contribution in [0.15, 0.2) is 24.3 Å². The second kappa shape index (κ2) is 6.91. The van der Waals surface area contributed by atoms with Crippen molar-refractivity contribution in [3.05, 3.63) is 29.8 Å². The van der Waals surface area contributed by atoms with E-state index in [4.69, 9.17) is 5.73 Å². The van der Waals surface area contributed by atoms with Crippen molar-refractivity contribution >= 4 is 11.6 Å². The van der Waals surface area contributed by atoms with Crippen molar-refractivity contribution < 1.29 is 4.79 Å².